The van der Waals surface area contributed by atoms with Crippen LogP contribution in [0.25, 0.3) is 0 Å². The third-order valence-corrected chi connectivity index (χ3v) is 2.73. The van der Waals surface area contributed by atoms with E-state index in [0.717, 1.165) is 18.5 Å². The van der Waals surface area contributed by atoms with Crippen LogP contribution in [0.4, 0.5) is 11.4 Å². The number of fused-ring (bicyclic) bond motifs is 1. The lowest BCUT2D eigenvalue weighted by Gasteiger charge is -2.04. The Labute approximate surface area is 82.1 Å². The van der Waals surface area contributed by atoms with Crippen LogP contribution in [0.1, 0.15) is 24.8 Å². The summed E-state index contributed by atoms with van der Waals surface area (Å²) in [5.41, 5.74) is 1.99. The summed E-state index contributed by atoms with van der Waals surface area (Å²) in [6.45, 7) is 2.91. The lowest BCUT2D eigenvalue weighted by Crippen LogP contribution is -1.99. The highest BCUT2D eigenvalue weighted by molar-refractivity contribution is 5.70. The standard InChI is InChI=1S/C10H12N2O2/c1-2-7-6-11-10-8(7)4-3-5-9(10)12(13)14/h3-5,7,11H,2,6H2,1H3/t7-/m1/s1. The molecule has 0 fully saturated rings. The first-order chi connectivity index (χ1) is 6.74. The van der Waals surface area contributed by atoms with Crippen molar-refractivity contribution in [1.29, 1.82) is 0 Å². The number of para-hydroxylation sites is 1. The molecule has 0 radical (unpaired) electrons. The third kappa shape index (κ3) is 1.23. The molecule has 0 bridgehead atoms. The van der Waals surface area contributed by atoms with Crippen LogP contribution in [0.5, 0.6) is 0 Å². The van der Waals surface area contributed by atoms with E-state index in [1.807, 2.05) is 6.07 Å². The molecule has 2 rings (SSSR count). The lowest BCUT2D eigenvalue weighted by atomic mass is 9.98. The molecule has 0 aromatic heterocycles. The fourth-order valence-electron chi connectivity index (χ4n) is 1.94. The SMILES string of the molecule is CC[C@@H]1CNc2c1cccc2[N+](=O)[O-]. The summed E-state index contributed by atoms with van der Waals surface area (Å²) in [7, 11) is 0. The first-order valence-corrected chi connectivity index (χ1v) is 4.75. The van der Waals surface area contributed by atoms with Gasteiger partial charge >= 0.3 is 0 Å². The number of benzene rings is 1. The van der Waals surface area contributed by atoms with Gasteiger partial charge in [-0.15, -0.1) is 0 Å². The number of nitrogens with zero attached hydrogens (tertiary/aromatic N) is 1. The Morgan fingerprint density at radius 2 is 2.43 bits per heavy atom. The largest absolute Gasteiger partial charge is 0.379 e. The Balaban J connectivity index is 2.49. The van der Waals surface area contributed by atoms with E-state index in [9.17, 15) is 10.1 Å². The number of anilines is 1. The van der Waals surface area contributed by atoms with Crippen molar-refractivity contribution in [2.75, 3.05) is 11.9 Å². The molecule has 4 nitrogen and oxygen atoms in total. The summed E-state index contributed by atoms with van der Waals surface area (Å²) in [6.07, 6.45) is 1.02. The zero-order chi connectivity index (χ0) is 10.1. The quantitative estimate of drug-likeness (QED) is 0.578. The summed E-state index contributed by atoms with van der Waals surface area (Å²) >= 11 is 0. The van der Waals surface area contributed by atoms with Crippen molar-refractivity contribution in [3.8, 4) is 0 Å². The van der Waals surface area contributed by atoms with Gasteiger partial charge in [-0.25, -0.2) is 0 Å². The molecule has 1 heterocycles. The van der Waals surface area contributed by atoms with Gasteiger partial charge < -0.3 is 5.32 Å². The average Bonchev–Trinajstić information content (AvgIpc) is 2.59. The van der Waals surface area contributed by atoms with Gasteiger partial charge in [0.1, 0.15) is 5.69 Å². The van der Waals surface area contributed by atoms with Gasteiger partial charge in [0.15, 0.2) is 0 Å². The average molecular weight is 192 g/mol. The third-order valence-electron chi connectivity index (χ3n) is 2.73. The van der Waals surface area contributed by atoms with Crippen LogP contribution >= 0.6 is 0 Å². The van der Waals surface area contributed by atoms with E-state index in [1.165, 1.54) is 0 Å². The molecule has 0 aliphatic carbocycles. The summed E-state index contributed by atoms with van der Waals surface area (Å²) in [4.78, 5) is 10.4. The van der Waals surface area contributed by atoms with Crippen molar-refractivity contribution in [2.45, 2.75) is 19.3 Å². The van der Waals surface area contributed by atoms with Crippen molar-refractivity contribution in [3.63, 3.8) is 0 Å². The molecule has 1 N–H and O–H groups in total. The summed E-state index contributed by atoms with van der Waals surface area (Å²) in [5, 5.41) is 13.8. The number of nitro groups is 1. The second-order valence-electron chi connectivity index (χ2n) is 3.48. The van der Waals surface area contributed by atoms with E-state index in [4.69, 9.17) is 0 Å². The topological polar surface area (TPSA) is 55.2 Å². The minimum Gasteiger partial charge on any atom is -0.379 e. The maximum atomic E-state index is 10.7. The highest BCUT2D eigenvalue weighted by atomic mass is 16.6. The van der Waals surface area contributed by atoms with Gasteiger partial charge in [0, 0.05) is 18.5 Å². The molecule has 0 unspecified atom stereocenters. The smallest absolute Gasteiger partial charge is 0.292 e. The Bertz CT molecular complexity index is 376. The maximum Gasteiger partial charge on any atom is 0.292 e. The number of rotatable bonds is 2. The van der Waals surface area contributed by atoms with E-state index >= 15 is 0 Å². The van der Waals surface area contributed by atoms with Crippen molar-refractivity contribution in [1.82, 2.24) is 0 Å². The van der Waals surface area contributed by atoms with Crippen molar-refractivity contribution < 1.29 is 4.92 Å². The minimum atomic E-state index is -0.329. The van der Waals surface area contributed by atoms with E-state index in [1.54, 1.807) is 12.1 Å². The first-order valence-electron chi connectivity index (χ1n) is 4.75. The van der Waals surface area contributed by atoms with E-state index < -0.39 is 0 Å². The zero-order valence-corrected chi connectivity index (χ0v) is 7.99. The molecular formula is C10H12N2O2. The zero-order valence-electron chi connectivity index (χ0n) is 7.99. The Hall–Kier alpha value is -1.58. The Morgan fingerprint density at radius 1 is 1.64 bits per heavy atom. The second-order valence-corrected chi connectivity index (χ2v) is 3.48. The minimum absolute atomic E-state index is 0.193. The molecule has 1 aliphatic rings. The van der Waals surface area contributed by atoms with Crippen molar-refractivity contribution >= 4 is 11.4 Å². The van der Waals surface area contributed by atoms with E-state index in [2.05, 4.69) is 12.2 Å². The molecule has 0 amide bonds. The number of nitrogens with one attached hydrogen (secondary N) is 1. The van der Waals surface area contributed by atoms with E-state index in [-0.39, 0.29) is 10.6 Å². The summed E-state index contributed by atoms with van der Waals surface area (Å²) in [6, 6.07) is 5.27. The first kappa shape index (κ1) is 8.99. The number of hydrogen-bond acceptors (Lipinski definition) is 3. The van der Waals surface area contributed by atoms with Gasteiger partial charge in [0.05, 0.1) is 4.92 Å². The van der Waals surface area contributed by atoms with Crippen LogP contribution in [0, 0.1) is 10.1 Å². The summed E-state index contributed by atoms with van der Waals surface area (Å²) in [5.74, 6) is 0.421. The van der Waals surface area contributed by atoms with Crippen LogP contribution in [0.2, 0.25) is 0 Å². The van der Waals surface area contributed by atoms with Crippen LogP contribution < -0.4 is 5.32 Å². The molecule has 0 saturated heterocycles. The van der Waals surface area contributed by atoms with Crippen LogP contribution in [0.15, 0.2) is 18.2 Å². The van der Waals surface area contributed by atoms with Gasteiger partial charge in [-0.3, -0.25) is 10.1 Å². The fourth-order valence-corrected chi connectivity index (χ4v) is 1.94. The number of nitro benzene ring substituents is 1. The highest BCUT2D eigenvalue weighted by Gasteiger charge is 2.27. The van der Waals surface area contributed by atoms with Crippen molar-refractivity contribution in [3.05, 3.63) is 33.9 Å². The van der Waals surface area contributed by atoms with E-state index in [0.29, 0.717) is 11.6 Å². The molecule has 1 aromatic carbocycles. The molecule has 0 spiro atoms. The highest BCUT2D eigenvalue weighted by Crippen LogP contribution is 2.39. The monoisotopic (exact) mass is 192 g/mol. The molecular weight excluding hydrogens is 180 g/mol. The molecule has 1 aliphatic heterocycles. The molecule has 1 aromatic rings. The Morgan fingerprint density at radius 3 is 3.07 bits per heavy atom. The van der Waals surface area contributed by atoms with Crippen LogP contribution in [-0.4, -0.2) is 11.5 Å². The van der Waals surface area contributed by atoms with Gasteiger partial charge in [-0.1, -0.05) is 19.1 Å². The van der Waals surface area contributed by atoms with Gasteiger partial charge in [0.25, 0.3) is 5.69 Å². The molecule has 0 saturated carbocycles. The molecule has 4 heteroatoms. The predicted molar refractivity (Wildman–Crippen MR) is 54.6 cm³/mol. The molecule has 14 heavy (non-hydrogen) atoms. The second kappa shape index (κ2) is 3.29. The molecule has 1 atom stereocenters. The fraction of sp³-hybridized carbons (Fsp3) is 0.400. The summed E-state index contributed by atoms with van der Waals surface area (Å²) < 4.78 is 0. The van der Waals surface area contributed by atoms with Gasteiger partial charge in [-0.05, 0) is 12.0 Å². The van der Waals surface area contributed by atoms with Crippen molar-refractivity contribution in [2.24, 2.45) is 0 Å². The predicted octanol–water partition coefficient (Wildman–Crippen LogP) is 2.51. The normalized spacial score (nSPS) is 18.8. The van der Waals surface area contributed by atoms with Crippen LogP contribution in [-0.2, 0) is 0 Å². The number of hydrogen-bond donors (Lipinski definition) is 1. The maximum absolute atomic E-state index is 10.7. The van der Waals surface area contributed by atoms with Gasteiger partial charge in [-0.2, -0.15) is 0 Å². The lowest BCUT2D eigenvalue weighted by molar-refractivity contribution is -0.383. The van der Waals surface area contributed by atoms with Crippen LogP contribution in [0.3, 0.4) is 0 Å². The Kier molecular flexibility index (Phi) is 2.11. The molecule has 74 valence electrons. The van der Waals surface area contributed by atoms with Gasteiger partial charge in [0.2, 0.25) is 0 Å².